The number of hydrogen-bond acceptors (Lipinski definition) is 4. The molecule has 96 valence electrons. The predicted molar refractivity (Wildman–Crippen MR) is 70.9 cm³/mol. The van der Waals surface area contributed by atoms with Gasteiger partial charge in [-0.3, -0.25) is 15.1 Å². The standard InChI is InChI=1S/C13H19N5/c1-9-11(15-6-5-14-9)12-10(8-17-18-12)7-16-13(2,3)4/h5-6,8,16H,7H2,1-4H3,(H,17,18). The van der Waals surface area contributed by atoms with Crippen molar-refractivity contribution >= 4 is 0 Å². The zero-order chi connectivity index (χ0) is 13.2. The van der Waals surface area contributed by atoms with Gasteiger partial charge in [0.2, 0.25) is 0 Å². The van der Waals surface area contributed by atoms with Gasteiger partial charge in [-0.25, -0.2) is 0 Å². The maximum absolute atomic E-state index is 4.36. The zero-order valence-electron chi connectivity index (χ0n) is 11.3. The highest BCUT2D eigenvalue weighted by atomic mass is 15.1. The number of hydrogen-bond donors (Lipinski definition) is 2. The highest BCUT2D eigenvalue weighted by molar-refractivity contribution is 5.60. The Balaban J connectivity index is 2.26. The molecule has 5 heteroatoms. The molecule has 0 aromatic carbocycles. The molecule has 0 radical (unpaired) electrons. The molecular formula is C13H19N5. The Morgan fingerprint density at radius 1 is 1.22 bits per heavy atom. The highest BCUT2D eigenvalue weighted by Gasteiger charge is 2.14. The van der Waals surface area contributed by atoms with Crippen LogP contribution in [-0.2, 0) is 6.54 Å². The molecule has 0 saturated carbocycles. The lowest BCUT2D eigenvalue weighted by Crippen LogP contribution is -2.35. The molecule has 2 N–H and O–H groups in total. The summed E-state index contributed by atoms with van der Waals surface area (Å²) in [5, 5.41) is 10.6. The molecule has 0 bridgehead atoms. The van der Waals surface area contributed by atoms with E-state index in [1.54, 1.807) is 12.4 Å². The van der Waals surface area contributed by atoms with Gasteiger partial charge >= 0.3 is 0 Å². The summed E-state index contributed by atoms with van der Waals surface area (Å²) in [7, 11) is 0. The number of aryl methyl sites for hydroxylation is 1. The Morgan fingerprint density at radius 2 is 1.94 bits per heavy atom. The van der Waals surface area contributed by atoms with Crippen molar-refractivity contribution in [3.05, 3.63) is 29.8 Å². The number of H-pyrrole nitrogens is 1. The van der Waals surface area contributed by atoms with Crippen LogP contribution in [0, 0.1) is 6.92 Å². The second kappa shape index (κ2) is 4.86. The van der Waals surface area contributed by atoms with E-state index in [1.165, 1.54) is 0 Å². The normalized spacial score (nSPS) is 11.8. The Labute approximate surface area is 107 Å². The smallest absolute Gasteiger partial charge is 0.110 e. The first-order valence-electron chi connectivity index (χ1n) is 6.02. The quantitative estimate of drug-likeness (QED) is 0.868. The van der Waals surface area contributed by atoms with Gasteiger partial charge in [-0.2, -0.15) is 5.10 Å². The summed E-state index contributed by atoms with van der Waals surface area (Å²) in [6, 6.07) is 0. The van der Waals surface area contributed by atoms with Crippen LogP contribution in [0.5, 0.6) is 0 Å². The van der Waals surface area contributed by atoms with Crippen molar-refractivity contribution in [2.45, 2.75) is 39.8 Å². The van der Waals surface area contributed by atoms with Gasteiger partial charge in [-0.05, 0) is 27.7 Å². The maximum Gasteiger partial charge on any atom is 0.110 e. The van der Waals surface area contributed by atoms with Gasteiger partial charge in [-0.15, -0.1) is 0 Å². The second-order valence-corrected chi connectivity index (χ2v) is 5.36. The third-order valence-electron chi connectivity index (χ3n) is 2.65. The fourth-order valence-electron chi connectivity index (χ4n) is 1.66. The lowest BCUT2D eigenvalue weighted by Gasteiger charge is -2.20. The van der Waals surface area contributed by atoms with E-state index < -0.39 is 0 Å². The topological polar surface area (TPSA) is 66.5 Å². The number of nitrogens with zero attached hydrogens (tertiary/aromatic N) is 3. The van der Waals surface area contributed by atoms with Crippen LogP contribution in [0.25, 0.3) is 11.4 Å². The molecule has 0 atom stereocenters. The molecule has 0 unspecified atom stereocenters. The lowest BCUT2D eigenvalue weighted by atomic mass is 10.1. The molecule has 0 aliphatic rings. The van der Waals surface area contributed by atoms with E-state index in [0.29, 0.717) is 0 Å². The molecule has 0 fully saturated rings. The number of aromatic amines is 1. The van der Waals surface area contributed by atoms with Crippen molar-refractivity contribution in [1.82, 2.24) is 25.5 Å². The maximum atomic E-state index is 4.36. The summed E-state index contributed by atoms with van der Waals surface area (Å²) in [5.74, 6) is 0. The Morgan fingerprint density at radius 3 is 2.61 bits per heavy atom. The van der Waals surface area contributed by atoms with Crippen LogP contribution in [0.4, 0.5) is 0 Å². The largest absolute Gasteiger partial charge is 0.308 e. The average Bonchev–Trinajstić information content (AvgIpc) is 2.74. The number of nitrogens with one attached hydrogen (secondary N) is 2. The average molecular weight is 245 g/mol. The van der Waals surface area contributed by atoms with E-state index in [9.17, 15) is 0 Å². The molecule has 2 heterocycles. The minimum Gasteiger partial charge on any atom is -0.308 e. The molecule has 0 aliphatic carbocycles. The molecule has 2 rings (SSSR count). The monoisotopic (exact) mass is 245 g/mol. The Kier molecular flexibility index (Phi) is 3.43. The Hall–Kier alpha value is -1.75. The fourth-order valence-corrected chi connectivity index (χ4v) is 1.66. The molecule has 18 heavy (non-hydrogen) atoms. The predicted octanol–water partition coefficient (Wildman–Crippen LogP) is 2.06. The van der Waals surface area contributed by atoms with E-state index in [0.717, 1.165) is 29.2 Å². The first kappa shape index (κ1) is 12.7. The van der Waals surface area contributed by atoms with Crippen LogP contribution in [0.2, 0.25) is 0 Å². The van der Waals surface area contributed by atoms with Crippen molar-refractivity contribution < 1.29 is 0 Å². The Bertz CT molecular complexity index is 524. The van der Waals surface area contributed by atoms with E-state index in [-0.39, 0.29) is 5.54 Å². The SMILES string of the molecule is Cc1nccnc1-c1[nH]ncc1CNC(C)(C)C. The van der Waals surface area contributed by atoms with E-state index in [2.05, 4.69) is 46.3 Å². The molecular weight excluding hydrogens is 226 g/mol. The van der Waals surface area contributed by atoms with E-state index in [1.807, 2.05) is 13.1 Å². The summed E-state index contributed by atoms with van der Waals surface area (Å²) in [4.78, 5) is 8.62. The summed E-state index contributed by atoms with van der Waals surface area (Å²) >= 11 is 0. The van der Waals surface area contributed by atoms with Crippen LogP contribution < -0.4 is 5.32 Å². The van der Waals surface area contributed by atoms with Gasteiger partial charge in [0.25, 0.3) is 0 Å². The summed E-state index contributed by atoms with van der Waals surface area (Å²) in [6.45, 7) is 9.12. The number of aromatic nitrogens is 4. The first-order chi connectivity index (χ1) is 8.47. The lowest BCUT2D eigenvalue weighted by molar-refractivity contribution is 0.424. The third kappa shape index (κ3) is 2.92. The summed E-state index contributed by atoms with van der Waals surface area (Å²) < 4.78 is 0. The van der Waals surface area contributed by atoms with E-state index in [4.69, 9.17) is 0 Å². The van der Waals surface area contributed by atoms with E-state index >= 15 is 0 Å². The van der Waals surface area contributed by atoms with Gasteiger partial charge in [0.15, 0.2) is 0 Å². The molecule has 0 amide bonds. The van der Waals surface area contributed by atoms with Gasteiger partial charge < -0.3 is 5.32 Å². The molecule has 0 saturated heterocycles. The summed E-state index contributed by atoms with van der Waals surface area (Å²) in [6.07, 6.45) is 5.23. The minimum absolute atomic E-state index is 0.0753. The van der Waals surface area contributed by atoms with Crippen LogP contribution in [0.1, 0.15) is 32.0 Å². The highest BCUT2D eigenvalue weighted by Crippen LogP contribution is 2.21. The van der Waals surface area contributed by atoms with Crippen molar-refractivity contribution in [1.29, 1.82) is 0 Å². The van der Waals surface area contributed by atoms with Crippen LogP contribution in [0.15, 0.2) is 18.6 Å². The molecule has 0 spiro atoms. The van der Waals surface area contributed by atoms with Gasteiger partial charge in [-0.1, -0.05) is 0 Å². The minimum atomic E-state index is 0.0753. The molecule has 5 nitrogen and oxygen atoms in total. The van der Waals surface area contributed by atoms with Crippen LogP contribution in [0.3, 0.4) is 0 Å². The van der Waals surface area contributed by atoms with Crippen molar-refractivity contribution in [3.63, 3.8) is 0 Å². The van der Waals surface area contributed by atoms with Crippen molar-refractivity contribution in [2.24, 2.45) is 0 Å². The number of rotatable bonds is 3. The van der Waals surface area contributed by atoms with Crippen molar-refractivity contribution in [3.8, 4) is 11.4 Å². The zero-order valence-corrected chi connectivity index (χ0v) is 11.3. The molecule has 2 aromatic heterocycles. The molecule has 2 aromatic rings. The summed E-state index contributed by atoms with van der Waals surface area (Å²) in [5.41, 5.74) is 3.89. The second-order valence-electron chi connectivity index (χ2n) is 5.36. The van der Waals surface area contributed by atoms with Gasteiger partial charge in [0.05, 0.1) is 17.6 Å². The van der Waals surface area contributed by atoms with Crippen molar-refractivity contribution in [2.75, 3.05) is 0 Å². The fraction of sp³-hybridized carbons (Fsp3) is 0.462. The van der Waals surface area contributed by atoms with Gasteiger partial charge in [0.1, 0.15) is 5.69 Å². The first-order valence-corrected chi connectivity index (χ1v) is 6.02. The molecule has 0 aliphatic heterocycles. The third-order valence-corrected chi connectivity index (χ3v) is 2.65. The van der Waals surface area contributed by atoms with Crippen LogP contribution >= 0.6 is 0 Å². The van der Waals surface area contributed by atoms with Crippen LogP contribution in [-0.4, -0.2) is 25.7 Å². The van der Waals surface area contributed by atoms with Gasteiger partial charge in [0, 0.05) is 30.0 Å².